The Morgan fingerprint density at radius 1 is 0.941 bits per heavy atom. The van der Waals surface area contributed by atoms with Gasteiger partial charge in [0.15, 0.2) is 0 Å². The van der Waals surface area contributed by atoms with Gasteiger partial charge in [0.1, 0.15) is 0 Å². The summed E-state index contributed by atoms with van der Waals surface area (Å²) in [6.45, 7) is 0. The van der Waals surface area contributed by atoms with E-state index in [-0.39, 0.29) is 5.30 Å². The largest absolute Gasteiger partial charge is 0.356 e. The molecule has 86 valence electrons. The minimum absolute atomic E-state index is 0.139. The minimum atomic E-state index is -4.21. The summed E-state index contributed by atoms with van der Waals surface area (Å²) >= 11 is 0. The molecule has 1 aliphatic rings. The monoisotopic (exact) mass is 246 g/mol. The summed E-state index contributed by atoms with van der Waals surface area (Å²) in [7, 11) is -4.21. The predicted molar refractivity (Wildman–Crippen MR) is 66.4 cm³/mol. The quantitative estimate of drug-likeness (QED) is 0.646. The minimum Gasteiger partial charge on any atom is -0.321 e. The molecule has 0 heterocycles. The first-order valence-electron chi connectivity index (χ1n) is 5.33. The lowest BCUT2D eigenvalue weighted by Crippen LogP contribution is -2.07. The molecule has 3 rings (SSSR count). The fourth-order valence-electron chi connectivity index (χ4n) is 2.41. The average Bonchev–Trinajstić information content (AvgIpc) is 2.65. The SMILES string of the molecule is O=P(O)(O)c1cccc2c1-c1ccccc1C2. The first kappa shape index (κ1) is 10.7. The third kappa shape index (κ3) is 1.64. The predicted octanol–water partition coefficient (Wildman–Crippen LogP) is 2.06. The molecule has 0 radical (unpaired) electrons. The first-order valence-corrected chi connectivity index (χ1v) is 6.95. The van der Waals surface area contributed by atoms with Gasteiger partial charge in [-0.3, -0.25) is 4.57 Å². The normalized spacial score (nSPS) is 13.3. The van der Waals surface area contributed by atoms with Crippen LogP contribution >= 0.6 is 7.60 Å². The summed E-state index contributed by atoms with van der Waals surface area (Å²) in [6.07, 6.45) is 0.749. The average molecular weight is 246 g/mol. The van der Waals surface area contributed by atoms with Gasteiger partial charge in [0.05, 0.1) is 5.30 Å². The van der Waals surface area contributed by atoms with Crippen LogP contribution in [0.15, 0.2) is 42.5 Å². The van der Waals surface area contributed by atoms with E-state index >= 15 is 0 Å². The lowest BCUT2D eigenvalue weighted by Gasteiger charge is -2.10. The van der Waals surface area contributed by atoms with Crippen molar-refractivity contribution in [1.82, 2.24) is 0 Å². The van der Waals surface area contributed by atoms with E-state index in [1.165, 1.54) is 6.07 Å². The Balaban J connectivity index is 2.34. The summed E-state index contributed by atoms with van der Waals surface area (Å²) in [5.74, 6) is 0. The molecule has 0 atom stereocenters. The van der Waals surface area contributed by atoms with E-state index in [0.29, 0.717) is 0 Å². The van der Waals surface area contributed by atoms with Crippen molar-refractivity contribution < 1.29 is 14.4 Å². The Morgan fingerprint density at radius 2 is 1.65 bits per heavy atom. The lowest BCUT2D eigenvalue weighted by atomic mass is 10.1. The number of rotatable bonds is 1. The second kappa shape index (κ2) is 3.54. The van der Waals surface area contributed by atoms with E-state index in [1.807, 2.05) is 30.3 Å². The zero-order valence-electron chi connectivity index (χ0n) is 9.00. The highest BCUT2D eigenvalue weighted by Gasteiger charge is 2.28. The van der Waals surface area contributed by atoms with Gasteiger partial charge < -0.3 is 9.79 Å². The smallest absolute Gasteiger partial charge is 0.321 e. The van der Waals surface area contributed by atoms with Crippen molar-refractivity contribution in [3.63, 3.8) is 0 Å². The van der Waals surface area contributed by atoms with Gasteiger partial charge in [0, 0.05) is 5.56 Å². The van der Waals surface area contributed by atoms with Crippen LogP contribution in [-0.4, -0.2) is 9.79 Å². The molecule has 0 saturated heterocycles. The first-order chi connectivity index (χ1) is 8.07. The van der Waals surface area contributed by atoms with Gasteiger partial charge in [-0.15, -0.1) is 0 Å². The summed E-state index contributed by atoms with van der Waals surface area (Å²) < 4.78 is 11.5. The van der Waals surface area contributed by atoms with E-state index in [4.69, 9.17) is 0 Å². The number of benzene rings is 2. The Morgan fingerprint density at radius 3 is 2.41 bits per heavy atom. The second-order valence-corrected chi connectivity index (χ2v) is 5.76. The molecule has 0 fully saturated rings. The molecule has 2 aromatic carbocycles. The maximum absolute atomic E-state index is 11.5. The summed E-state index contributed by atoms with van der Waals surface area (Å²) in [5, 5.41) is 0.139. The number of hydrogen-bond acceptors (Lipinski definition) is 1. The Labute approximate surface area is 98.9 Å². The summed E-state index contributed by atoms with van der Waals surface area (Å²) in [4.78, 5) is 18.8. The van der Waals surface area contributed by atoms with Gasteiger partial charge in [-0.1, -0.05) is 36.4 Å². The molecule has 1 aliphatic carbocycles. The van der Waals surface area contributed by atoms with Gasteiger partial charge in [0.25, 0.3) is 0 Å². The molecule has 4 heteroatoms. The zero-order valence-corrected chi connectivity index (χ0v) is 9.89. The maximum atomic E-state index is 11.5. The van der Waals surface area contributed by atoms with Crippen molar-refractivity contribution in [1.29, 1.82) is 0 Å². The van der Waals surface area contributed by atoms with Gasteiger partial charge in [-0.25, -0.2) is 0 Å². The molecule has 0 unspecified atom stereocenters. The summed E-state index contributed by atoms with van der Waals surface area (Å²) in [6, 6.07) is 12.9. The van der Waals surface area contributed by atoms with Crippen LogP contribution in [0.3, 0.4) is 0 Å². The van der Waals surface area contributed by atoms with E-state index < -0.39 is 7.60 Å². The highest BCUT2D eigenvalue weighted by molar-refractivity contribution is 7.60. The van der Waals surface area contributed by atoms with Crippen LogP contribution < -0.4 is 5.30 Å². The van der Waals surface area contributed by atoms with Crippen LogP contribution in [0.5, 0.6) is 0 Å². The lowest BCUT2D eigenvalue weighted by molar-refractivity contribution is 0.387. The molecule has 0 saturated carbocycles. The van der Waals surface area contributed by atoms with Crippen LogP contribution in [0.1, 0.15) is 11.1 Å². The zero-order chi connectivity index (χ0) is 12.0. The van der Waals surface area contributed by atoms with Gasteiger partial charge in [-0.05, 0) is 29.2 Å². The molecule has 0 bridgehead atoms. The second-order valence-electron chi connectivity index (χ2n) is 4.19. The van der Waals surface area contributed by atoms with Crippen molar-refractivity contribution in [2.45, 2.75) is 6.42 Å². The third-order valence-corrected chi connectivity index (χ3v) is 4.11. The van der Waals surface area contributed by atoms with E-state index in [1.54, 1.807) is 6.07 Å². The van der Waals surface area contributed by atoms with Crippen LogP contribution in [0.25, 0.3) is 11.1 Å². The number of hydrogen-bond donors (Lipinski definition) is 2. The molecule has 17 heavy (non-hydrogen) atoms. The van der Waals surface area contributed by atoms with Gasteiger partial charge >= 0.3 is 7.60 Å². The third-order valence-electron chi connectivity index (χ3n) is 3.11. The van der Waals surface area contributed by atoms with Crippen molar-refractivity contribution >= 4 is 12.9 Å². The van der Waals surface area contributed by atoms with Crippen molar-refractivity contribution in [2.24, 2.45) is 0 Å². The van der Waals surface area contributed by atoms with Crippen molar-refractivity contribution in [3.8, 4) is 11.1 Å². The highest BCUT2D eigenvalue weighted by Crippen LogP contribution is 2.43. The summed E-state index contributed by atoms with van der Waals surface area (Å²) in [5.41, 5.74) is 3.79. The molecule has 0 amide bonds. The van der Waals surface area contributed by atoms with E-state index in [2.05, 4.69) is 0 Å². The highest BCUT2D eigenvalue weighted by atomic mass is 31.2. The standard InChI is InChI=1S/C13H11O3P/c14-17(15,16)12-7-3-5-10-8-9-4-1-2-6-11(9)13(10)12/h1-7H,8H2,(H2,14,15,16). The van der Waals surface area contributed by atoms with Crippen LogP contribution in [0, 0.1) is 0 Å². The Bertz CT molecular complexity index is 643. The van der Waals surface area contributed by atoms with Crippen molar-refractivity contribution in [2.75, 3.05) is 0 Å². The van der Waals surface area contributed by atoms with E-state index in [0.717, 1.165) is 28.7 Å². The molecule has 0 aromatic heterocycles. The van der Waals surface area contributed by atoms with Crippen LogP contribution in [0.2, 0.25) is 0 Å². The Kier molecular flexibility index (Phi) is 2.23. The molecule has 3 nitrogen and oxygen atoms in total. The van der Waals surface area contributed by atoms with Crippen LogP contribution in [-0.2, 0) is 11.0 Å². The number of fused-ring (bicyclic) bond motifs is 3. The molecule has 0 aliphatic heterocycles. The molecule has 2 aromatic rings. The fraction of sp³-hybridized carbons (Fsp3) is 0.0769. The molecule has 2 N–H and O–H groups in total. The van der Waals surface area contributed by atoms with Gasteiger partial charge in [-0.2, -0.15) is 0 Å². The molecular formula is C13H11O3P. The van der Waals surface area contributed by atoms with Gasteiger partial charge in [0.2, 0.25) is 0 Å². The van der Waals surface area contributed by atoms with Crippen molar-refractivity contribution in [3.05, 3.63) is 53.6 Å². The fourth-order valence-corrected chi connectivity index (χ4v) is 3.25. The maximum Gasteiger partial charge on any atom is 0.356 e. The van der Waals surface area contributed by atoms with Crippen LogP contribution in [0.4, 0.5) is 0 Å². The Hall–Kier alpha value is -1.41. The molecule has 0 spiro atoms. The topological polar surface area (TPSA) is 57.5 Å². The van der Waals surface area contributed by atoms with E-state index in [9.17, 15) is 14.4 Å². The molecular weight excluding hydrogens is 235 g/mol.